The summed E-state index contributed by atoms with van der Waals surface area (Å²) in [5.41, 5.74) is -1.45. The molecule has 1 aromatic carbocycles. The maximum Gasteiger partial charge on any atom is 0.254 e. The second-order valence-corrected chi connectivity index (χ2v) is 6.98. The van der Waals surface area contributed by atoms with Crippen molar-refractivity contribution in [2.75, 3.05) is 13.1 Å². The van der Waals surface area contributed by atoms with Gasteiger partial charge in [-0.2, -0.15) is 4.91 Å². The summed E-state index contributed by atoms with van der Waals surface area (Å²) in [7, 11) is 0. The molecule has 1 aromatic rings. The predicted octanol–water partition coefficient (Wildman–Crippen LogP) is 2.44. The molecule has 2 amide bonds. The standard InChI is InChI=1S/C17H22F2N4O4/c1-9-5-13(19)11(6-12(9)18)15(24)22-10(2)7-20-16(25)14(23-27)17(3,4)8-21-26/h5-6,10,14H,7-8H2,1-4H3,(H,20,25)(H,22,24). The van der Waals surface area contributed by atoms with Gasteiger partial charge in [0, 0.05) is 18.0 Å². The van der Waals surface area contributed by atoms with Crippen molar-refractivity contribution >= 4 is 11.8 Å². The zero-order valence-electron chi connectivity index (χ0n) is 15.5. The van der Waals surface area contributed by atoms with E-state index in [9.17, 15) is 28.2 Å². The zero-order chi connectivity index (χ0) is 20.8. The van der Waals surface area contributed by atoms with Crippen LogP contribution in [0.5, 0.6) is 0 Å². The quantitative estimate of drug-likeness (QED) is 0.636. The van der Waals surface area contributed by atoms with E-state index in [0.717, 1.165) is 12.1 Å². The van der Waals surface area contributed by atoms with Gasteiger partial charge in [-0.1, -0.05) is 24.2 Å². The number of nitrogens with zero attached hydrogens (tertiary/aromatic N) is 2. The van der Waals surface area contributed by atoms with E-state index in [1.807, 2.05) is 0 Å². The average Bonchev–Trinajstić information content (AvgIpc) is 2.56. The third kappa shape index (κ3) is 5.87. The number of hydrogen-bond donors (Lipinski definition) is 2. The van der Waals surface area contributed by atoms with Gasteiger partial charge in [-0.05, 0) is 31.5 Å². The molecule has 0 aliphatic carbocycles. The molecule has 2 atom stereocenters. The Hall–Kier alpha value is -2.78. The third-order valence-electron chi connectivity index (χ3n) is 4.02. The number of nitrogens with one attached hydrogen (secondary N) is 2. The van der Waals surface area contributed by atoms with Crippen LogP contribution in [0.4, 0.5) is 8.78 Å². The molecule has 0 heterocycles. The molecule has 0 radical (unpaired) electrons. The van der Waals surface area contributed by atoms with E-state index in [0.29, 0.717) is 0 Å². The Morgan fingerprint density at radius 1 is 1.19 bits per heavy atom. The van der Waals surface area contributed by atoms with Gasteiger partial charge in [0.15, 0.2) is 6.04 Å². The summed E-state index contributed by atoms with van der Waals surface area (Å²) in [5.74, 6) is -3.15. The monoisotopic (exact) mass is 384 g/mol. The lowest BCUT2D eigenvalue weighted by atomic mass is 9.84. The summed E-state index contributed by atoms with van der Waals surface area (Å²) in [6, 6.07) is -0.279. The molecule has 2 N–H and O–H groups in total. The van der Waals surface area contributed by atoms with Gasteiger partial charge in [0.05, 0.1) is 12.1 Å². The number of benzene rings is 1. The van der Waals surface area contributed by atoms with E-state index in [1.165, 1.54) is 27.7 Å². The van der Waals surface area contributed by atoms with Crippen LogP contribution in [0.1, 0.15) is 36.7 Å². The van der Waals surface area contributed by atoms with E-state index < -0.39 is 46.5 Å². The van der Waals surface area contributed by atoms with Crippen LogP contribution in [0.2, 0.25) is 0 Å². The molecule has 0 spiro atoms. The van der Waals surface area contributed by atoms with Crippen LogP contribution in [0.15, 0.2) is 22.5 Å². The Labute approximate surface area is 155 Å². The molecular weight excluding hydrogens is 362 g/mol. The third-order valence-corrected chi connectivity index (χ3v) is 4.02. The molecule has 10 heteroatoms. The van der Waals surface area contributed by atoms with Crippen molar-refractivity contribution in [2.24, 2.45) is 15.8 Å². The molecule has 2 unspecified atom stereocenters. The summed E-state index contributed by atoms with van der Waals surface area (Å²) in [4.78, 5) is 45.6. The molecule has 0 saturated heterocycles. The van der Waals surface area contributed by atoms with E-state index in [-0.39, 0.29) is 18.7 Å². The Morgan fingerprint density at radius 2 is 1.81 bits per heavy atom. The number of hydrogen-bond acceptors (Lipinski definition) is 6. The Balaban J connectivity index is 2.69. The van der Waals surface area contributed by atoms with Crippen molar-refractivity contribution in [3.63, 3.8) is 0 Å². The minimum Gasteiger partial charge on any atom is -0.352 e. The van der Waals surface area contributed by atoms with Gasteiger partial charge in [-0.3, -0.25) is 9.59 Å². The van der Waals surface area contributed by atoms with Crippen LogP contribution in [-0.4, -0.2) is 37.0 Å². The molecule has 1 rings (SSSR count). The second-order valence-electron chi connectivity index (χ2n) is 6.98. The number of rotatable bonds is 9. The molecule has 8 nitrogen and oxygen atoms in total. The highest BCUT2D eigenvalue weighted by atomic mass is 19.1. The maximum atomic E-state index is 13.8. The number of carbonyl (C=O) groups excluding carboxylic acids is 2. The summed E-state index contributed by atoms with van der Waals surface area (Å²) in [5, 5.41) is 10.3. The van der Waals surface area contributed by atoms with Crippen molar-refractivity contribution in [1.29, 1.82) is 0 Å². The van der Waals surface area contributed by atoms with Crippen molar-refractivity contribution in [3.05, 3.63) is 44.7 Å². The van der Waals surface area contributed by atoms with E-state index >= 15 is 0 Å². The summed E-state index contributed by atoms with van der Waals surface area (Å²) < 4.78 is 27.4. The maximum absolute atomic E-state index is 13.8. The van der Waals surface area contributed by atoms with Gasteiger partial charge in [-0.15, -0.1) is 4.91 Å². The number of amides is 2. The van der Waals surface area contributed by atoms with Crippen LogP contribution >= 0.6 is 0 Å². The normalized spacial score (nSPS) is 13.4. The van der Waals surface area contributed by atoms with Crippen LogP contribution < -0.4 is 10.6 Å². The van der Waals surface area contributed by atoms with Crippen LogP contribution in [0.3, 0.4) is 0 Å². The van der Waals surface area contributed by atoms with Crippen molar-refractivity contribution in [2.45, 2.75) is 39.8 Å². The van der Waals surface area contributed by atoms with E-state index in [1.54, 1.807) is 0 Å². The van der Waals surface area contributed by atoms with Crippen molar-refractivity contribution in [3.8, 4) is 0 Å². The number of aryl methyl sites for hydroxylation is 1. The van der Waals surface area contributed by atoms with Crippen molar-refractivity contribution in [1.82, 2.24) is 10.6 Å². The van der Waals surface area contributed by atoms with Gasteiger partial charge in [0.1, 0.15) is 11.6 Å². The lowest BCUT2D eigenvalue weighted by molar-refractivity contribution is -0.124. The Bertz CT molecular complexity index is 740. The smallest absolute Gasteiger partial charge is 0.254 e. The molecule has 0 saturated carbocycles. The van der Waals surface area contributed by atoms with Gasteiger partial charge >= 0.3 is 0 Å². The van der Waals surface area contributed by atoms with Crippen LogP contribution in [-0.2, 0) is 4.79 Å². The predicted molar refractivity (Wildman–Crippen MR) is 95.1 cm³/mol. The Kier molecular flexibility index (Phi) is 7.62. The highest BCUT2D eigenvalue weighted by Crippen LogP contribution is 2.24. The van der Waals surface area contributed by atoms with Crippen molar-refractivity contribution < 1.29 is 18.4 Å². The molecule has 148 valence electrons. The van der Waals surface area contributed by atoms with E-state index in [2.05, 4.69) is 21.0 Å². The topological polar surface area (TPSA) is 117 Å². The summed E-state index contributed by atoms with van der Waals surface area (Å²) >= 11 is 0. The van der Waals surface area contributed by atoms with Gasteiger partial charge < -0.3 is 10.6 Å². The molecular formula is C17H22F2N4O4. The second kappa shape index (κ2) is 9.24. The van der Waals surface area contributed by atoms with Gasteiger partial charge in [-0.25, -0.2) is 8.78 Å². The van der Waals surface area contributed by atoms with Gasteiger partial charge in [0.2, 0.25) is 5.91 Å². The molecule has 27 heavy (non-hydrogen) atoms. The highest BCUT2D eigenvalue weighted by Gasteiger charge is 2.37. The molecule has 0 aliphatic heterocycles. The first-order valence-electron chi connectivity index (χ1n) is 8.19. The van der Waals surface area contributed by atoms with E-state index in [4.69, 9.17) is 0 Å². The first-order chi connectivity index (χ1) is 12.5. The molecule has 0 bridgehead atoms. The van der Waals surface area contributed by atoms with Crippen LogP contribution in [0.25, 0.3) is 0 Å². The molecule has 0 fully saturated rings. The van der Waals surface area contributed by atoms with Crippen LogP contribution in [0, 0.1) is 33.8 Å². The summed E-state index contributed by atoms with van der Waals surface area (Å²) in [6.07, 6.45) is 0. The average molecular weight is 384 g/mol. The lowest BCUT2D eigenvalue weighted by Crippen LogP contribution is -2.48. The number of halogens is 2. The molecule has 0 aliphatic rings. The first kappa shape index (κ1) is 22.3. The zero-order valence-corrected chi connectivity index (χ0v) is 15.5. The minimum absolute atomic E-state index is 0.0733. The van der Waals surface area contributed by atoms with Gasteiger partial charge in [0.25, 0.3) is 5.91 Å². The minimum atomic E-state index is -1.35. The fourth-order valence-electron chi connectivity index (χ4n) is 2.32. The highest BCUT2D eigenvalue weighted by molar-refractivity contribution is 5.94. The SMILES string of the molecule is Cc1cc(F)c(C(=O)NC(C)CNC(=O)C(N=O)C(C)(C)CN=O)cc1F. The summed E-state index contributed by atoms with van der Waals surface area (Å²) in [6.45, 7) is 5.54. The fourth-order valence-corrected chi connectivity index (χ4v) is 2.32. The first-order valence-corrected chi connectivity index (χ1v) is 8.19. The largest absolute Gasteiger partial charge is 0.352 e. The lowest BCUT2D eigenvalue weighted by Gasteiger charge is -2.26. The Morgan fingerprint density at radius 3 is 2.37 bits per heavy atom. The molecule has 0 aromatic heterocycles. The number of nitroso groups, excluding NO2 is 2. The number of carbonyl (C=O) groups is 2. The fraction of sp³-hybridized carbons (Fsp3) is 0.529.